The van der Waals surface area contributed by atoms with Crippen LogP contribution in [0, 0.1) is 11.7 Å². The second-order valence-corrected chi connectivity index (χ2v) is 6.70. The number of hydrogen-bond donors (Lipinski definition) is 1. The number of benzene rings is 1. The fourth-order valence-electron chi connectivity index (χ4n) is 3.27. The van der Waals surface area contributed by atoms with Crippen LogP contribution < -0.4 is 0 Å². The monoisotopic (exact) mass is 328 g/mol. The van der Waals surface area contributed by atoms with Crippen molar-refractivity contribution in [3.05, 3.63) is 34.1 Å². The van der Waals surface area contributed by atoms with E-state index in [1.807, 2.05) is 0 Å². The van der Waals surface area contributed by atoms with Gasteiger partial charge < -0.3 is 9.84 Å². The molecule has 0 aromatic heterocycles. The highest BCUT2D eigenvalue weighted by Gasteiger charge is 2.44. The smallest absolute Gasteiger partial charge is 0.124 e. The first-order valence-electron chi connectivity index (χ1n) is 6.86. The van der Waals surface area contributed by atoms with Gasteiger partial charge in [0, 0.05) is 11.1 Å². The largest absolute Gasteiger partial charge is 0.388 e. The van der Waals surface area contributed by atoms with Crippen LogP contribution in [0.1, 0.15) is 43.8 Å². The molecule has 1 aliphatic heterocycles. The van der Waals surface area contributed by atoms with Gasteiger partial charge in [-0.05, 0) is 61.8 Å². The third-order valence-corrected chi connectivity index (χ3v) is 4.93. The van der Waals surface area contributed by atoms with E-state index in [0.717, 1.165) is 25.7 Å². The van der Waals surface area contributed by atoms with Gasteiger partial charge >= 0.3 is 0 Å². The first-order chi connectivity index (χ1) is 9.08. The summed E-state index contributed by atoms with van der Waals surface area (Å²) in [7, 11) is 0. The van der Waals surface area contributed by atoms with Crippen LogP contribution >= 0.6 is 15.9 Å². The third kappa shape index (κ3) is 2.71. The van der Waals surface area contributed by atoms with Gasteiger partial charge in [-0.3, -0.25) is 0 Å². The average Bonchev–Trinajstić information content (AvgIpc) is 2.35. The molecule has 2 unspecified atom stereocenters. The zero-order valence-electron chi connectivity index (χ0n) is 10.7. The number of rotatable bonds is 2. The molecule has 0 radical (unpaired) electrons. The van der Waals surface area contributed by atoms with Crippen LogP contribution in [0.25, 0.3) is 0 Å². The Morgan fingerprint density at radius 2 is 2.16 bits per heavy atom. The van der Waals surface area contributed by atoms with Gasteiger partial charge in [-0.1, -0.05) is 15.9 Å². The third-order valence-electron chi connectivity index (χ3n) is 4.47. The summed E-state index contributed by atoms with van der Waals surface area (Å²) in [5.41, 5.74) is 0.669. The summed E-state index contributed by atoms with van der Waals surface area (Å²) in [5.74, 6) is -0.142. The Morgan fingerprint density at radius 1 is 1.37 bits per heavy atom. The highest BCUT2D eigenvalue weighted by atomic mass is 79.9. The van der Waals surface area contributed by atoms with Crippen LogP contribution in [0.2, 0.25) is 0 Å². The molecule has 1 saturated heterocycles. The Morgan fingerprint density at radius 3 is 2.79 bits per heavy atom. The van der Waals surface area contributed by atoms with E-state index in [9.17, 15) is 9.50 Å². The lowest BCUT2D eigenvalue weighted by Gasteiger charge is -2.48. The zero-order valence-corrected chi connectivity index (χ0v) is 12.3. The lowest BCUT2D eigenvalue weighted by Crippen LogP contribution is -2.46. The molecule has 1 N–H and O–H groups in total. The van der Waals surface area contributed by atoms with Crippen molar-refractivity contribution >= 4 is 15.9 Å². The summed E-state index contributed by atoms with van der Waals surface area (Å²) in [6, 6.07) is 4.64. The maximum absolute atomic E-state index is 13.4. The van der Waals surface area contributed by atoms with Crippen LogP contribution in [0.3, 0.4) is 0 Å². The molecule has 1 aromatic carbocycles. The van der Waals surface area contributed by atoms with Crippen molar-refractivity contribution in [1.29, 1.82) is 0 Å². The molecular formula is C15H18BrFO2. The molecule has 1 spiro atoms. The Hall–Kier alpha value is -0.450. The van der Waals surface area contributed by atoms with Crippen LogP contribution in [0.4, 0.5) is 4.39 Å². The molecular weight excluding hydrogens is 311 g/mol. The van der Waals surface area contributed by atoms with Crippen molar-refractivity contribution in [3.63, 3.8) is 0 Å². The standard InChI is InChI=1S/C15H18BrFO2/c16-12-6-11(7-13(17)8-12)14(18)10-2-5-19-15(9-10)3-1-4-15/h6-8,10,14,18H,1-5,9H2. The molecule has 0 amide bonds. The Kier molecular flexibility index (Phi) is 3.67. The number of aliphatic hydroxyl groups excluding tert-OH is 1. The fraction of sp³-hybridized carbons (Fsp3) is 0.600. The molecule has 2 aliphatic rings. The zero-order chi connectivity index (χ0) is 13.5. The Labute approximate surface area is 121 Å². The first-order valence-corrected chi connectivity index (χ1v) is 7.65. The molecule has 0 bridgehead atoms. The number of hydrogen-bond acceptors (Lipinski definition) is 2. The van der Waals surface area contributed by atoms with E-state index in [0.29, 0.717) is 16.6 Å². The molecule has 2 fully saturated rings. The van der Waals surface area contributed by atoms with Gasteiger partial charge in [0.1, 0.15) is 5.82 Å². The lowest BCUT2D eigenvalue weighted by atomic mass is 9.70. The van der Waals surface area contributed by atoms with Gasteiger partial charge in [-0.15, -0.1) is 0 Å². The molecule has 19 heavy (non-hydrogen) atoms. The first kappa shape index (κ1) is 13.5. The van der Waals surface area contributed by atoms with Gasteiger partial charge in [0.05, 0.1) is 11.7 Å². The summed E-state index contributed by atoms with van der Waals surface area (Å²) in [4.78, 5) is 0. The highest BCUT2D eigenvalue weighted by Crippen LogP contribution is 2.47. The van der Waals surface area contributed by atoms with E-state index in [1.165, 1.54) is 18.6 Å². The van der Waals surface area contributed by atoms with Crippen molar-refractivity contribution in [2.45, 2.75) is 43.8 Å². The van der Waals surface area contributed by atoms with Crippen molar-refractivity contribution in [2.75, 3.05) is 6.61 Å². The maximum atomic E-state index is 13.4. The minimum absolute atomic E-state index is 0.00839. The molecule has 2 nitrogen and oxygen atoms in total. The molecule has 3 rings (SSSR count). The minimum atomic E-state index is -0.603. The molecule has 1 aliphatic carbocycles. The van der Waals surface area contributed by atoms with Crippen LogP contribution in [0.5, 0.6) is 0 Å². The van der Waals surface area contributed by atoms with E-state index in [2.05, 4.69) is 15.9 Å². The summed E-state index contributed by atoms with van der Waals surface area (Å²) >= 11 is 3.28. The van der Waals surface area contributed by atoms with Gasteiger partial charge in [0.2, 0.25) is 0 Å². The minimum Gasteiger partial charge on any atom is -0.388 e. The van der Waals surface area contributed by atoms with Gasteiger partial charge in [-0.25, -0.2) is 4.39 Å². The van der Waals surface area contributed by atoms with E-state index < -0.39 is 6.10 Å². The van der Waals surface area contributed by atoms with Crippen molar-refractivity contribution in [2.24, 2.45) is 5.92 Å². The maximum Gasteiger partial charge on any atom is 0.124 e. The highest BCUT2D eigenvalue weighted by molar-refractivity contribution is 9.10. The molecule has 4 heteroatoms. The van der Waals surface area contributed by atoms with E-state index in [4.69, 9.17) is 4.74 Å². The predicted molar refractivity (Wildman–Crippen MR) is 74.3 cm³/mol. The number of ether oxygens (including phenoxy) is 1. The summed E-state index contributed by atoms with van der Waals surface area (Å²) < 4.78 is 20.0. The Balaban J connectivity index is 1.77. The van der Waals surface area contributed by atoms with Crippen LogP contribution in [-0.4, -0.2) is 17.3 Å². The second-order valence-electron chi connectivity index (χ2n) is 5.79. The SMILES string of the molecule is OC(c1cc(F)cc(Br)c1)C1CCOC2(CCC2)C1. The molecule has 1 aromatic rings. The topological polar surface area (TPSA) is 29.5 Å². The summed E-state index contributed by atoms with van der Waals surface area (Å²) in [5, 5.41) is 10.5. The summed E-state index contributed by atoms with van der Waals surface area (Å²) in [6.45, 7) is 0.707. The van der Waals surface area contributed by atoms with E-state index >= 15 is 0 Å². The van der Waals surface area contributed by atoms with Crippen molar-refractivity contribution in [3.8, 4) is 0 Å². The van der Waals surface area contributed by atoms with Crippen molar-refractivity contribution in [1.82, 2.24) is 0 Å². The van der Waals surface area contributed by atoms with Gasteiger partial charge in [-0.2, -0.15) is 0 Å². The van der Waals surface area contributed by atoms with Crippen LogP contribution in [-0.2, 0) is 4.74 Å². The van der Waals surface area contributed by atoms with E-state index in [-0.39, 0.29) is 17.3 Å². The fourth-order valence-corrected chi connectivity index (χ4v) is 3.76. The lowest BCUT2D eigenvalue weighted by molar-refractivity contribution is -0.157. The summed E-state index contributed by atoms with van der Waals surface area (Å²) in [6.07, 6.45) is 4.55. The van der Waals surface area contributed by atoms with Gasteiger partial charge in [0.15, 0.2) is 0 Å². The quantitative estimate of drug-likeness (QED) is 0.890. The van der Waals surface area contributed by atoms with E-state index in [1.54, 1.807) is 6.07 Å². The van der Waals surface area contributed by atoms with Gasteiger partial charge in [0.25, 0.3) is 0 Å². The molecule has 2 atom stereocenters. The predicted octanol–water partition coefficient (Wildman–Crippen LogP) is 3.97. The Bertz CT molecular complexity index is 453. The van der Waals surface area contributed by atoms with Crippen LogP contribution in [0.15, 0.2) is 22.7 Å². The van der Waals surface area contributed by atoms with Crippen molar-refractivity contribution < 1.29 is 14.2 Å². The normalized spacial score (nSPS) is 27.0. The average molecular weight is 329 g/mol. The molecule has 104 valence electrons. The molecule has 1 heterocycles. The number of aliphatic hydroxyl groups is 1. The molecule has 1 saturated carbocycles. The second kappa shape index (κ2) is 5.15. The number of halogens is 2.